The molecular formula is C30H27N5O4S. The van der Waals surface area contributed by atoms with E-state index in [1.54, 1.807) is 17.2 Å². The smallest absolute Gasteiger partial charge is 0.331 e. The topological polar surface area (TPSA) is 113 Å². The first-order valence-corrected chi connectivity index (χ1v) is 13.8. The van der Waals surface area contributed by atoms with Crippen molar-refractivity contribution in [2.75, 3.05) is 10.2 Å². The van der Waals surface area contributed by atoms with Crippen molar-refractivity contribution in [3.05, 3.63) is 83.9 Å². The van der Waals surface area contributed by atoms with Gasteiger partial charge in [0.15, 0.2) is 0 Å². The number of aryl methyl sites for hydroxylation is 1. The number of carbonyl (C=O) groups excluding carboxylic acids is 3. The average molecular weight is 554 g/mol. The number of aromatic nitrogens is 1. The number of carbonyl (C=O) groups is 3. The number of para-hydroxylation sites is 1. The Kier molecular flexibility index (Phi) is 6.69. The van der Waals surface area contributed by atoms with E-state index < -0.39 is 0 Å². The monoisotopic (exact) mass is 553 g/mol. The molecule has 2 aromatic carbocycles. The number of benzene rings is 2. The van der Waals surface area contributed by atoms with E-state index in [-0.39, 0.29) is 29.9 Å². The van der Waals surface area contributed by atoms with E-state index in [2.05, 4.69) is 27.5 Å². The van der Waals surface area contributed by atoms with Crippen LogP contribution in [0, 0.1) is 6.92 Å². The van der Waals surface area contributed by atoms with Crippen LogP contribution in [0.15, 0.2) is 73.4 Å². The molecule has 0 unspecified atom stereocenters. The SMILES string of the molecule is C=CC(=O)N[C@H]1CC[C@H](NC(=O)c2sc3nccc4c3c2NC(=O)N4c2ccc(Oc3ccccc3)cc2C)C1. The third kappa shape index (κ3) is 4.77. The Balaban J connectivity index is 1.27. The fourth-order valence-electron chi connectivity index (χ4n) is 5.31. The van der Waals surface area contributed by atoms with Crippen molar-refractivity contribution in [2.24, 2.45) is 0 Å². The number of nitrogens with zero attached hydrogens (tertiary/aromatic N) is 2. The molecule has 1 saturated carbocycles. The Hall–Kier alpha value is -4.70. The Labute approximate surface area is 234 Å². The summed E-state index contributed by atoms with van der Waals surface area (Å²) in [5.74, 6) is 0.907. The van der Waals surface area contributed by atoms with E-state index in [1.807, 2.05) is 55.5 Å². The Morgan fingerprint density at radius 1 is 1.07 bits per heavy atom. The van der Waals surface area contributed by atoms with Crippen LogP contribution in [0.2, 0.25) is 0 Å². The van der Waals surface area contributed by atoms with Gasteiger partial charge in [0.1, 0.15) is 21.2 Å². The zero-order valence-corrected chi connectivity index (χ0v) is 22.6. The van der Waals surface area contributed by atoms with Crippen molar-refractivity contribution in [1.29, 1.82) is 0 Å². The standard InChI is InChI=1S/C30H27N5O4S/c1-3-24(36)32-18-9-10-19(16-18)33-28(37)27-26-25-23(13-14-31-29(25)40-27)35(30(38)34-26)22-12-11-21(15-17(22)2)39-20-7-5-4-6-8-20/h3-8,11-15,18-19H,1,9-10,16H2,2H3,(H,32,36)(H,33,37)(H,34,38)/t18-,19-/m0/s1. The summed E-state index contributed by atoms with van der Waals surface area (Å²) in [4.78, 5) is 45.7. The summed E-state index contributed by atoms with van der Waals surface area (Å²) in [6, 6.07) is 16.4. The highest BCUT2D eigenvalue weighted by molar-refractivity contribution is 7.21. The number of hydrogen-bond acceptors (Lipinski definition) is 6. The van der Waals surface area contributed by atoms with Crippen LogP contribution >= 0.6 is 11.3 Å². The predicted octanol–water partition coefficient (Wildman–Crippen LogP) is 6.03. The third-order valence-electron chi connectivity index (χ3n) is 7.14. The average Bonchev–Trinajstić information content (AvgIpc) is 3.55. The summed E-state index contributed by atoms with van der Waals surface area (Å²) in [7, 11) is 0. The molecule has 1 aliphatic heterocycles. The zero-order valence-electron chi connectivity index (χ0n) is 21.8. The second-order valence-corrected chi connectivity index (χ2v) is 10.8. The second kappa shape index (κ2) is 10.5. The van der Waals surface area contributed by atoms with Crippen molar-refractivity contribution in [1.82, 2.24) is 15.6 Å². The molecule has 40 heavy (non-hydrogen) atoms. The largest absolute Gasteiger partial charge is 0.457 e. The second-order valence-electron chi connectivity index (χ2n) is 9.84. The van der Waals surface area contributed by atoms with E-state index in [1.165, 1.54) is 17.4 Å². The highest BCUT2D eigenvalue weighted by Gasteiger charge is 2.34. The van der Waals surface area contributed by atoms with Gasteiger partial charge in [-0.1, -0.05) is 24.8 Å². The van der Waals surface area contributed by atoms with E-state index in [0.717, 1.165) is 29.5 Å². The number of urea groups is 1. The molecule has 4 aromatic rings. The summed E-state index contributed by atoms with van der Waals surface area (Å²) < 4.78 is 5.96. The fraction of sp³-hybridized carbons (Fsp3) is 0.200. The molecule has 3 heterocycles. The zero-order chi connectivity index (χ0) is 27.8. The molecule has 10 heteroatoms. The highest BCUT2D eigenvalue weighted by atomic mass is 32.1. The number of rotatable bonds is 7. The molecule has 0 saturated heterocycles. The molecule has 0 spiro atoms. The maximum atomic E-state index is 13.5. The summed E-state index contributed by atoms with van der Waals surface area (Å²) in [6.07, 6.45) is 5.06. The molecule has 3 N–H and O–H groups in total. The van der Waals surface area contributed by atoms with Crippen molar-refractivity contribution in [3.63, 3.8) is 0 Å². The van der Waals surface area contributed by atoms with E-state index in [4.69, 9.17) is 4.74 Å². The normalized spacial score (nSPS) is 17.8. The molecule has 1 aliphatic carbocycles. The Bertz CT molecular complexity index is 1650. The summed E-state index contributed by atoms with van der Waals surface area (Å²) in [5, 5.41) is 9.64. The molecule has 6 rings (SSSR count). The number of pyridine rings is 1. The molecule has 2 aliphatic rings. The molecule has 1 fully saturated rings. The molecular weight excluding hydrogens is 526 g/mol. The lowest BCUT2D eigenvalue weighted by Crippen LogP contribution is -2.37. The molecule has 0 bridgehead atoms. The number of hydrogen-bond donors (Lipinski definition) is 3. The number of anilines is 3. The van der Waals surface area contributed by atoms with E-state index in [9.17, 15) is 14.4 Å². The summed E-state index contributed by atoms with van der Waals surface area (Å²) in [6.45, 7) is 5.41. The minimum absolute atomic E-state index is 0.00851. The van der Waals surface area contributed by atoms with Gasteiger partial charge in [0.2, 0.25) is 5.91 Å². The van der Waals surface area contributed by atoms with Gasteiger partial charge in [-0.3, -0.25) is 14.5 Å². The Morgan fingerprint density at radius 3 is 2.60 bits per heavy atom. The molecule has 9 nitrogen and oxygen atoms in total. The minimum Gasteiger partial charge on any atom is -0.457 e. The minimum atomic E-state index is -0.361. The van der Waals surface area contributed by atoms with Crippen molar-refractivity contribution < 1.29 is 19.1 Å². The van der Waals surface area contributed by atoms with Crippen LogP contribution < -0.4 is 25.6 Å². The molecule has 4 amide bonds. The van der Waals surface area contributed by atoms with Gasteiger partial charge in [0.25, 0.3) is 5.91 Å². The lowest BCUT2D eigenvalue weighted by molar-refractivity contribution is -0.117. The molecule has 2 atom stereocenters. The lowest BCUT2D eigenvalue weighted by atomic mass is 10.1. The highest BCUT2D eigenvalue weighted by Crippen LogP contribution is 2.46. The van der Waals surface area contributed by atoms with Crippen LogP contribution in [-0.2, 0) is 4.79 Å². The molecule has 202 valence electrons. The van der Waals surface area contributed by atoms with Crippen molar-refractivity contribution >= 4 is 56.5 Å². The lowest BCUT2D eigenvalue weighted by Gasteiger charge is -2.29. The van der Waals surface area contributed by atoms with Crippen LogP contribution in [0.1, 0.15) is 34.5 Å². The van der Waals surface area contributed by atoms with Gasteiger partial charge in [0.05, 0.1) is 22.4 Å². The summed E-state index contributed by atoms with van der Waals surface area (Å²) >= 11 is 1.25. The Morgan fingerprint density at radius 2 is 1.85 bits per heavy atom. The number of thiophene rings is 1. The summed E-state index contributed by atoms with van der Waals surface area (Å²) in [5.41, 5.74) is 2.68. The maximum absolute atomic E-state index is 13.5. The third-order valence-corrected chi connectivity index (χ3v) is 8.24. The predicted molar refractivity (Wildman–Crippen MR) is 156 cm³/mol. The molecule has 0 radical (unpaired) electrons. The number of amides is 4. The number of ether oxygens (including phenoxy) is 1. The van der Waals surface area contributed by atoms with Crippen molar-refractivity contribution in [2.45, 2.75) is 38.3 Å². The quantitative estimate of drug-likeness (QED) is 0.242. The fourth-order valence-corrected chi connectivity index (χ4v) is 6.33. The van der Waals surface area contributed by atoms with Gasteiger partial charge < -0.3 is 20.7 Å². The van der Waals surface area contributed by atoms with Gasteiger partial charge in [-0.25, -0.2) is 9.78 Å². The first-order chi connectivity index (χ1) is 19.4. The first kappa shape index (κ1) is 25.6. The first-order valence-electron chi connectivity index (χ1n) is 13.0. The van der Waals surface area contributed by atoms with Crippen LogP contribution in [-0.4, -0.2) is 34.9 Å². The van der Waals surface area contributed by atoms with Gasteiger partial charge in [-0.2, -0.15) is 0 Å². The van der Waals surface area contributed by atoms with Crippen LogP contribution in [0.3, 0.4) is 0 Å². The number of nitrogens with one attached hydrogen (secondary N) is 3. The van der Waals surface area contributed by atoms with Gasteiger partial charge in [-0.15, -0.1) is 11.3 Å². The van der Waals surface area contributed by atoms with Crippen LogP contribution in [0.5, 0.6) is 11.5 Å². The molecule has 2 aromatic heterocycles. The van der Waals surface area contributed by atoms with Crippen LogP contribution in [0.4, 0.5) is 21.9 Å². The van der Waals surface area contributed by atoms with Crippen LogP contribution in [0.25, 0.3) is 10.2 Å². The maximum Gasteiger partial charge on any atom is 0.331 e. The van der Waals surface area contributed by atoms with Gasteiger partial charge >= 0.3 is 6.03 Å². The van der Waals surface area contributed by atoms with Crippen molar-refractivity contribution in [3.8, 4) is 11.5 Å². The van der Waals surface area contributed by atoms with Gasteiger partial charge in [-0.05, 0) is 74.2 Å². The van der Waals surface area contributed by atoms with Gasteiger partial charge in [0, 0.05) is 18.3 Å². The van der Waals surface area contributed by atoms with E-state index in [0.29, 0.717) is 38.9 Å². The van der Waals surface area contributed by atoms with E-state index >= 15 is 0 Å².